The van der Waals surface area contributed by atoms with Gasteiger partial charge in [-0.3, -0.25) is 14.8 Å². The van der Waals surface area contributed by atoms with Crippen LogP contribution in [0, 0.1) is 10.1 Å². The summed E-state index contributed by atoms with van der Waals surface area (Å²) in [5.41, 5.74) is 2.40. The molecule has 122 valence electrons. The van der Waals surface area contributed by atoms with Crippen molar-refractivity contribution in [2.45, 2.75) is 38.5 Å². The van der Waals surface area contributed by atoms with Crippen LogP contribution < -0.4 is 4.90 Å². The first-order chi connectivity index (χ1) is 11.0. The molecule has 23 heavy (non-hydrogen) atoms. The van der Waals surface area contributed by atoms with Gasteiger partial charge in [0.25, 0.3) is 0 Å². The van der Waals surface area contributed by atoms with Crippen LogP contribution in [-0.2, 0) is 13.0 Å². The molecule has 0 radical (unpaired) electrons. The molecule has 2 aromatic rings. The third kappa shape index (κ3) is 3.34. The molecule has 1 aliphatic heterocycles. The summed E-state index contributed by atoms with van der Waals surface area (Å²) in [6, 6.07) is 8.60. The van der Waals surface area contributed by atoms with Crippen molar-refractivity contribution < 1.29 is 10.0 Å². The normalized spacial score (nSPS) is 18.5. The van der Waals surface area contributed by atoms with Crippen LogP contribution in [0.1, 0.15) is 18.9 Å². The number of rotatable bonds is 5. The van der Waals surface area contributed by atoms with Gasteiger partial charge in [-0.15, -0.1) is 0 Å². The van der Waals surface area contributed by atoms with Crippen LogP contribution in [0.15, 0.2) is 36.7 Å². The van der Waals surface area contributed by atoms with Crippen molar-refractivity contribution in [3.8, 4) is 0 Å². The van der Waals surface area contributed by atoms with E-state index in [1.165, 1.54) is 22.6 Å². The van der Waals surface area contributed by atoms with Crippen LogP contribution in [0.5, 0.6) is 0 Å². The fourth-order valence-corrected chi connectivity index (χ4v) is 3.09. The summed E-state index contributed by atoms with van der Waals surface area (Å²) in [5.74, 6) is 0. The summed E-state index contributed by atoms with van der Waals surface area (Å²) in [6.07, 6.45) is 4.00. The number of aryl methyl sites for hydroxylation is 1. The lowest BCUT2D eigenvalue weighted by Gasteiger charge is -2.38. The highest BCUT2D eigenvalue weighted by Crippen LogP contribution is 2.30. The lowest BCUT2D eigenvalue weighted by molar-refractivity contribution is -0.385. The predicted octanol–water partition coefficient (Wildman–Crippen LogP) is 1.99. The minimum atomic E-state index is -0.650. The Morgan fingerprint density at radius 3 is 2.96 bits per heavy atom. The van der Waals surface area contributed by atoms with E-state index in [-0.39, 0.29) is 12.2 Å². The van der Waals surface area contributed by atoms with Crippen molar-refractivity contribution in [1.29, 1.82) is 0 Å². The van der Waals surface area contributed by atoms with E-state index in [1.54, 1.807) is 0 Å². The first-order valence-electron chi connectivity index (χ1n) is 7.74. The lowest BCUT2D eigenvalue weighted by Crippen LogP contribution is -2.43. The number of para-hydroxylation sites is 1. The van der Waals surface area contributed by atoms with Gasteiger partial charge in [0.2, 0.25) is 0 Å². The zero-order chi connectivity index (χ0) is 16.4. The predicted molar refractivity (Wildman–Crippen MR) is 86.5 cm³/mol. The van der Waals surface area contributed by atoms with Gasteiger partial charge in [0.05, 0.1) is 17.6 Å². The van der Waals surface area contributed by atoms with Crippen LogP contribution in [0.25, 0.3) is 0 Å². The molecule has 0 saturated carbocycles. The quantitative estimate of drug-likeness (QED) is 0.673. The van der Waals surface area contributed by atoms with E-state index in [0.29, 0.717) is 12.6 Å². The second kappa shape index (κ2) is 6.37. The van der Waals surface area contributed by atoms with E-state index in [2.05, 4.69) is 29.1 Å². The van der Waals surface area contributed by atoms with Crippen molar-refractivity contribution in [3.63, 3.8) is 0 Å². The van der Waals surface area contributed by atoms with Gasteiger partial charge in [-0.2, -0.15) is 5.10 Å². The van der Waals surface area contributed by atoms with Crippen LogP contribution in [0.3, 0.4) is 0 Å². The SMILES string of the molecule is C[C@@H]1CCc2ccccc2N1C[C@@H](O)Cn1cc([N+](=O)[O-])cn1. The van der Waals surface area contributed by atoms with Gasteiger partial charge in [0, 0.05) is 18.3 Å². The molecule has 1 aromatic carbocycles. The minimum Gasteiger partial charge on any atom is -0.389 e. The Kier molecular flexibility index (Phi) is 4.29. The van der Waals surface area contributed by atoms with Crippen LogP contribution >= 0.6 is 0 Å². The third-order valence-corrected chi connectivity index (χ3v) is 4.30. The maximum Gasteiger partial charge on any atom is 0.306 e. The second-order valence-electron chi connectivity index (χ2n) is 6.00. The van der Waals surface area contributed by atoms with E-state index in [1.807, 2.05) is 12.1 Å². The fraction of sp³-hybridized carbons (Fsp3) is 0.438. The first-order valence-corrected chi connectivity index (χ1v) is 7.74. The van der Waals surface area contributed by atoms with E-state index >= 15 is 0 Å². The van der Waals surface area contributed by atoms with Crippen molar-refractivity contribution in [2.24, 2.45) is 0 Å². The molecule has 0 spiro atoms. The fourth-order valence-electron chi connectivity index (χ4n) is 3.09. The largest absolute Gasteiger partial charge is 0.389 e. The molecule has 0 fully saturated rings. The van der Waals surface area contributed by atoms with E-state index in [0.717, 1.165) is 18.5 Å². The maximum atomic E-state index is 10.7. The number of benzene rings is 1. The Morgan fingerprint density at radius 1 is 1.43 bits per heavy atom. The van der Waals surface area contributed by atoms with Crippen LogP contribution in [-0.4, -0.2) is 38.5 Å². The molecule has 2 atom stereocenters. The summed E-state index contributed by atoms with van der Waals surface area (Å²) in [7, 11) is 0. The number of aromatic nitrogens is 2. The van der Waals surface area contributed by atoms with Gasteiger partial charge in [-0.1, -0.05) is 18.2 Å². The number of nitrogens with zero attached hydrogens (tertiary/aromatic N) is 4. The average molecular weight is 316 g/mol. The van der Waals surface area contributed by atoms with Crippen molar-refractivity contribution in [2.75, 3.05) is 11.4 Å². The Hall–Kier alpha value is -2.41. The zero-order valence-corrected chi connectivity index (χ0v) is 13.0. The average Bonchev–Trinajstić information content (AvgIpc) is 2.99. The maximum absolute atomic E-state index is 10.7. The number of anilines is 1. The number of hydrogen-bond donors (Lipinski definition) is 1. The highest BCUT2D eigenvalue weighted by molar-refractivity contribution is 5.56. The van der Waals surface area contributed by atoms with Crippen LogP contribution in [0.2, 0.25) is 0 Å². The number of aliphatic hydroxyl groups is 1. The van der Waals surface area contributed by atoms with E-state index < -0.39 is 11.0 Å². The minimum absolute atomic E-state index is 0.0612. The Labute approximate surface area is 134 Å². The van der Waals surface area contributed by atoms with Gasteiger partial charge in [-0.05, 0) is 31.4 Å². The summed E-state index contributed by atoms with van der Waals surface area (Å²) in [4.78, 5) is 12.4. The smallest absolute Gasteiger partial charge is 0.306 e. The molecule has 0 amide bonds. The lowest BCUT2D eigenvalue weighted by atomic mass is 9.96. The number of β-amino-alcohol motifs (C(OH)–C–C–N with tert-alkyl or cyclic N) is 1. The molecule has 0 unspecified atom stereocenters. The molecule has 1 N–H and O–H groups in total. The Balaban J connectivity index is 1.69. The molecule has 1 aliphatic rings. The molecule has 3 rings (SSSR count). The molecule has 0 aliphatic carbocycles. The number of fused-ring (bicyclic) bond motifs is 1. The van der Waals surface area contributed by atoms with Crippen molar-refractivity contribution in [3.05, 3.63) is 52.3 Å². The number of nitro groups is 1. The van der Waals surface area contributed by atoms with E-state index in [4.69, 9.17) is 0 Å². The van der Waals surface area contributed by atoms with Gasteiger partial charge < -0.3 is 10.0 Å². The summed E-state index contributed by atoms with van der Waals surface area (Å²) in [5, 5.41) is 25.0. The first kappa shape index (κ1) is 15.5. The molecule has 0 saturated heterocycles. The highest BCUT2D eigenvalue weighted by Gasteiger charge is 2.25. The van der Waals surface area contributed by atoms with Gasteiger partial charge >= 0.3 is 5.69 Å². The molecule has 0 bridgehead atoms. The molecule has 7 heteroatoms. The number of hydrogen-bond acceptors (Lipinski definition) is 5. The molecule has 7 nitrogen and oxygen atoms in total. The second-order valence-corrected chi connectivity index (χ2v) is 6.00. The zero-order valence-electron chi connectivity index (χ0n) is 13.0. The molecule has 1 aromatic heterocycles. The number of aliphatic hydroxyl groups excluding tert-OH is 1. The topological polar surface area (TPSA) is 84.4 Å². The van der Waals surface area contributed by atoms with Crippen molar-refractivity contribution >= 4 is 11.4 Å². The van der Waals surface area contributed by atoms with Gasteiger partial charge in [0.1, 0.15) is 12.4 Å². The summed E-state index contributed by atoms with van der Waals surface area (Å²) < 4.78 is 1.42. The standard InChI is InChI=1S/C16H20N4O3/c1-12-6-7-13-4-2-3-5-16(13)19(12)11-15(21)10-18-9-14(8-17-18)20(22)23/h2-5,8-9,12,15,21H,6-7,10-11H2,1H3/t12-,15+/m1/s1. The molecular weight excluding hydrogens is 296 g/mol. The van der Waals surface area contributed by atoms with E-state index in [9.17, 15) is 15.2 Å². The van der Waals surface area contributed by atoms with Crippen molar-refractivity contribution in [1.82, 2.24) is 9.78 Å². The Morgan fingerprint density at radius 2 is 2.22 bits per heavy atom. The summed E-state index contributed by atoms with van der Waals surface area (Å²) >= 11 is 0. The monoisotopic (exact) mass is 316 g/mol. The third-order valence-electron chi connectivity index (χ3n) is 4.30. The highest BCUT2D eigenvalue weighted by atomic mass is 16.6. The summed E-state index contributed by atoms with van der Waals surface area (Å²) in [6.45, 7) is 2.87. The Bertz CT molecular complexity index is 700. The van der Waals surface area contributed by atoms with Gasteiger partial charge in [-0.25, -0.2) is 0 Å². The van der Waals surface area contributed by atoms with Crippen LogP contribution in [0.4, 0.5) is 11.4 Å². The molecule has 2 heterocycles. The van der Waals surface area contributed by atoms with Gasteiger partial charge in [0.15, 0.2) is 0 Å². The molecular formula is C16H20N4O3.